The maximum absolute atomic E-state index is 12.9. The number of ether oxygens (including phenoxy) is 4. The van der Waals surface area contributed by atoms with Crippen LogP contribution in [0.1, 0.15) is 20.8 Å². The van der Waals surface area contributed by atoms with Crippen molar-refractivity contribution in [1.29, 1.82) is 0 Å². The molecule has 1 unspecified atom stereocenters. The Labute approximate surface area is 202 Å². The van der Waals surface area contributed by atoms with Crippen molar-refractivity contribution in [3.8, 4) is 23.0 Å². The number of ketones is 1. The average Bonchev–Trinajstić information content (AvgIpc) is 2.78. The number of halogens is 2. The van der Waals surface area contributed by atoms with Crippen LogP contribution in [0, 0.1) is 0 Å². The molecular formula is C22H25Cl2N3O6. The molecule has 0 spiro atoms. The Morgan fingerprint density at radius 1 is 0.939 bits per heavy atom. The highest BCUT2D eigenvalue weighted by Crippen LogP contribution is 2.43. The summed E-state index contributed by atoms with van der Waals surface area (Å²) in [4.78, 5) is 25.1. The van der Waals surface area contributed by atoms with Crippen molar-refractivity contribution < 1.29 is 28.5 Å². The van der Waals surface area contributed by atoms with Crippen LogP contribution in [0.4, 0.5) is 11.4 Å². The van der Waals surface area contributed by atoms with Crippen LogP contribution in [0.25, 0.3) is 0 Å². The molecule has 11 heteroatoms. The molecule has 2 aromatic rings. The van der Waals surface area contributed by atoms with Gasteiger partial charge in [-0.05, 0) is 45.0 Å². The number of rotatable bonds is 11. The summed E-state index contributed by atoms with van der Waals surface area (Å²) in [5, 5.41) is 11.1. The van der Waals surface area contributed by atoms with E-state index in [9.17, 15) is 9.59 Å². The van der Waals surface area contributed by atoms with Gasteiger partial charge in [0.15, 0.2) is 28.8 Å². The number of amides is 1. The number of methoxy groups -OCH3 is 2. The lowest BCUT2D eigenvalue weighted by molar-refractivity contribution is -0.126. The van der Waals surface area contributed by atoms with Gasteiger partial charge in [0.05, 0.1) is 43.2 Å². The molecule has 0 heterocycles. The number of carbonyl (C=O) groups is 2. The number of Topliss-reactive ketones (excluding diaryl/α,β-unsaturated/α-hetero) is 1. The topological polar surface area (TPSA) is 108 Å². The van der Waals surface area contributed by atoms with Crippen molar-refractivity contribution in [1.82, 2.24) is 0 Å². The number of hydrogen-bond donors (Lipinski definition) is 1. The molecule has 178 valence electrons. The zero-order valence-corrected chi connectivity index (χ0v) is 20.4. The van der Waals surface area contributed by atoms with E-state index in [0.717, 1.165) is 0 Å². The van der Waals surface area contributed by atoms with E-state index in [0.29, 0.717) is 24.0 Å². The first-order valence-electron chi connectivity index (χ1n) is 9.99. The lowest BCUT2D eigenvalue weighted by atomic mass is 10.2. The number of benzene rings is 2. The molecule has 0 saturated heterocycles. The van der Waals surface area contributed by atoms with Gasteiger partial charge in [-0.1, -0.05) is 23.2 Å². The highest BCUT2D eigenvalue weighted by Gasteiger charge is 2.26. The summed E-state index contributed by atoms with van der Waals surface area (Å²) in [6, 6.07) is 4.79. The van der Waals surface area contributed by atoms with E-state index in [4.69, 9.17) is 42.1 Å². The molecule has 0 bridgehead atoms. The Morgan fingerprint density at radius 2 is 1.58 bits per heavy atom. The van der Waals surface area contributed by atoms with Gasteiger partial charge >= 0.3 is 0 Å². The molecule has 2 aromatic carbocycles. The van der Waals surface area contributed by atoms with Gasteiger partial charge in [-0.25, -0.2) is 0 Å². The minimum Gasteiger partial charge on any atom is -0.491 e. The molecule has 1 amide bonds. The van der Waals surface area contributed by atoms with Gasteiger partial charge in [0.2, 0.25) is 6.04 Å². The summed E-state index contributed by atoms with van der Waals surface area (Å²) in [5.41, 5.74) is 0.394. The second kappa shape index (κ2) is 12.3. The lowest BCUT2D eigenvalue weighted by Crippen LogP contribution is -2.32. The van der Waals surface area contributed by atoms with Crippen molar-refractivity contribution in [3.05, 3.63) is 34.3 Å². The molecule has 0 aliphatic heterocycles. The van der Waals surface area contributed by atoms with Gasteiger partial charge in [-0.3, -0.25) is 9.59 Å². The van der Waals surface area contributed by atoms with Crippen LogP contribution in [0.3, 0.4) is 0 Å². The standard InChI is InChI=1S/C22H25Cl2N3O6/c1-6-32-16-11-9-13(23)18(21(16)33-7-2)27-26-17(12(3)28)22(29)25-15-10-8-14(24)19(30-4)20(15)31-5/h8-11,17H,6-7H2,1-5H3,(H,25,29). The van der Waals surface area contributed by atoms with Crippen molar-refractivity contribution in [3.63, 3.8) is 0 Å². The number of nitrogens with zero attached hydrogens (tertiary/aromatic N) is 2. The van der Waals surface area contributed by atoms with Crippen molar-refractivity contribution in [2.75, 3.05) is 32.8 Å². The average molecular weight is 498 g/mol. The second-order valence-electron chi connectivity index (χ2n) is 6.47. The first-order valence-corrected chi connectivity index (χ1v) is 10.7. The van der Waals surface area contributed by atoms with Gasteiger partial charge in [0.25, 0.3) is 5.91 Å². The van der Waals surface area contributed by atoms with Gasteiger partial charge in [0, 0.05) is 0 Å². The van der Waals surface area contributed by atoms with Crippen LogP contribution in [-0.2, 0) is 9.59 Å². The summed E-state index contributed by atoms with van der Waals surface area (Å²) in [5.74, 6) is -0.153. The highest BCUT2D eigenvalue weighted by atomic mass is 35.5. The third-order valence-corrected chi connectivity index (χ3v) is 4.87. The van der Waals surface area contributed by atoms with Crippen LogP contribution < -0.4 is 24.3 Å². The Kier molecular flexibility index (Phi) is 9.74. The molecular weight excluding hydrogens is 473 g/mol. The first kappa shape index (κ1) is 26.2. The van der Waals surface area contributed by atoms with E-state index < -0.39 is 17.7 Å². The molecule has 0 aromatic heterocycles. The summed E-state index contributed by atoms with van der Waals surface area (Å²) < 4.78 is 21.7. The Morgan fingerprint density at radius 3 is 2.15 bits per heavy atom. The summed E-state index contributed by atoms with van der Waals surface area (Å²) in [6.07, 6.45) is 0. The van der Waals surface area contributed by atoms with Crippen LogP contribution in [0.15, 0.2) is 34.5 Å². The molecule has 33 heavy (non-hydrogen) atoms. The third-order valence-electron chi connectivity index (χ3n) is 4.27. The first-order chi connectivity index (χ1) is 15.8. The van der Waals surface area contributed by atoms with Gasteiger partial charge in [0.1, 0.15) is 5.69 Å². The molecule has 9 nitrogen and oxygen atoms in total. The normalized spacial score (nSPS) is 11.7. The van der Waals surface area contributed by atoms with Gasteiger partial charge < -0.3 is 24.3 Å². The summed E-state index contributed by atoms with van der Waals surface area (Å²) >= 11 is 12.4. The smallest absolute Gasteiger partial charge is 0.258 e. The van der Waals surface area contributed by atoms with Crippen molar-refractivity contribution in [2.24, 2.45) is 10.2 Å². The zero-order chi connectivity index (χ0) is 24.5. The predicted molar refractivity (Wildman–Crippen MR) is 126 cm³/mol. The van der Waals surface area contributed by atoms with E-state index in [-0.39, 0.29) is 33.6 Å². The SMILES string of the molecule is CCOc1ccc(Cl)c(N=NC(C(C)=O)C(=O)Nc2ccc(Cl)c(OC)c2OC)c1OCC. The number of hydrogen-bond acceptors (Lipinski definition) is 8. The van der Waals surface area contributed by atoms with Crippen LogP contribution in [0.2, 0.25) is 10.0 Å². The summed E-state index contributed by atoms with van der Waals surface area (Å²) in [7, 11) is 2.81. The van der Waals surface area contributed by atoms with E-state index in [1.807, 2.05) is 6.92 Å². The molecule has 2 rings (SSSR count). The van der Waals surface area contributed by atoms with Crippen LogP contribution in [0.5, 0.6) is 23.0 Å². The maximum Gasteiger partial charge on any atom is 0.258 e. The number of azo groups is 1. The van der Waals surface area contributed by atoms with Crippen molar-refractivity contribution in [2.45, 2.75) is 26.8 Å². The fraction of sp³-hybridized carbons (Fsp3) is 0.364. The van der Waals surface area contributed by atoms with Gasteiger partial charge in [-0.15, -0.1) is 5.11 Å². The minimum atomic E-state index is -1.46. The Hall–Kier alpha value is -3.04. The fourth-order valence-corrected chi connectivity index (χ4v) is 3.25. The van der Waals surface area contributed by atoms with E-state index in [2.05, 4.69) is 15.5 Å². The van der Waals surface area contributed by atoms with E-state index in [1.165, 1.54) is 33.3 Å². The molecule has 0 aliphatic rings. The monoisotopic (exact) mass is 497 g/mol. The quantitative estimate of drug-likeness (QED) is 0.324. The number of anilines is 1. The minimum absolute atomic E-state index is 0.147. The summed E-state index contributed by atoms with van der Waals surface area (Å²) in [6.45, 7) is 5.55. The maximum atomic E-state index is 12.9. The predicted octanol–water partition coefficient (Wildman–Crippen LogP) is 5.49. The van der Waals surface area contributed by atoms with E-state index in [1.54, 1.807) is 19.1 Å². The van der Waals surface area contributed by atoms with Crippen molar-refractivity contribution >= 4 is 46.3 Å². The third kappa shape index (κ3) is 6.27. The lowest BCUT2D eigenvalue weighted by Gasteiger charge is -2.16. The van der Waals surface area contributed by atoms with Gasteiger partial charge in [-0.2, -0.15) is 5.11 Å². The largest absolute Gasteiger partial charge is 0.491 e. The molecule has 1 atom stereocenters. The molecule has 1 N–H and O–H groups in total. The highest BCUT2D eigenvalue weighted by molar-refractivity contribution is 6.33. The zero-order valence-electron chi connectivity index (χ0n) is 18.9. The molecule has 0 saturated carbocycles. The Bertz CT molecular complexity index is 1050. The van der Waals surface area contributed by atoms with Crippen LogP contribution >= 0.6 is 23.2 Å². The second-order valence-corrected chi connectivity index (χ2v) is 7.28. The molecule has 0 aliphatic carbocycles. The van der Waals surface area contributed by atoms with E-state index >= 15 is 0 Å². The van der Waals surface area contributed by atoms with Crippen LogP contribution in [-0.4, -0.2) is 45.2 Å². The Balaban J connectivity index is 2.41. The number of nitrogens with one attached hydrogen (secondary N) is 1. The fourth-order valence-electron chi connectivity index (χ4n) is 2.84. The number of carbonyl (C=O) groups excluding carboxylic acids is 2. The molecule has 0 radical (unpaired) electrons. The molecule has 0 fully saturated rings.